The number of aromatic nitrogens is 3. The second-order valence-electron chi connectivity index (χ2n) is 6.62. The first-order valence-electron chi connectivity index (χ1n) is 8.44. The van der Waals surface area contributed by atoms with E-state index in [-0.39, 0.29) is 11.6 Å². The van der Waals surface area contributed by atoms with Gasteiger partial charge in [0.1, 0.15) is 6.04 Å². The van der Waals surface area contributed by atoms with Crippen LogP contribution in [0.15, 0.2) is 39.6 Å². The number of hydrogen-bond acceptors (Lipinski definition) is 6. The Morgan fingerprint density at radius 2 is 2.16 bits per heavy atom. The topological polar surface area (TPSA) is 78.3 Å². The number of nitrogens with zero attached hydrogens (tertiary/aromatic N) is 4. The zero-order valence-electron chi connectivity index (χ0n) is 14.4. The molecule has 1 saturated heterocycles. The lowest BCUT2D eigenvalue weighted by molar-refractivity contribution is 0.0712. The number of aromatic amines is 1. The van der Waals surface area contributed by atoms with Gasteiger partial charge in [-0.2, -0.15) is 4.98 Å². The highest BCUT2D eigenvalue weighted by molar-refractivity contribution is 5.78. The molecule has 1 atom stereocenters. The smallest absolute Gasteiger partial charge is 0.252 e. The molecule has 0 amide bonds. The normalized spacial score (nSPS) is 19.5. The van der Waals surface area contributed by atoms with Crippen molar-refractivity contribution >= 4 is 10.9 Å². The molecule has 0 aliphatic carbocycles. The van der Waals surface area contributed by atoms with E-state index in [0.29, 0.717) is 18.3 Å². The third-order valence-electron chi connectivity index (χ3n) is 4.78. The van der Waals surface area contributed by atoms with E-state index in [1.54, 1.807) is 0 Å². The number of nitrogens with one attached hydrogen (secondary N) is 1. The average Bonchev–Trinajstić information content (AvgIpc) is 3.03. The minimum absolute atomic E-state index is 0.0252. The van der Waals surface area contributed by atoms with Crippen LogP contribution in [0.3, 0.4) is 0 Å². The van der Waals surface area contributed by atoms with Gasteiger partial charge in [-0.1, -0.05) is 23.4 Å². The monoisotopic (exact) mass is 339 g/mol. The van der Waals surface area contributed by atoms with Crippen LogP contribution in [0.1, 0.15) is 23.3 Å². The lowest BCUT2D eigenvalue weighted by Gasteiger charge is -2.37. The van der Waals surface area contributed by atoms with Gasteiger partial charge >= 0.3 is 0 Å². The Morgan fingerprint density at radius 3 is 2.96 bits per heavy atom. The molecule has 130 valence electrons. The number of fused-ring (bicyclic) bond motifs is 1. The largest absolute Gasteiger partial charge is 0.338 e. The van der Waals surface area contributed by atoms with Crippen molar-refractivity contribution in [3.05, 3.63) is 58.0 Å². The first kappa shape index (κ1) is 16.0. The second kappa shape index (κ2) is 6.42. The van der Waals surface area contributed by atoms with Gasteiger partial charge in [-0.25, -0.2) is 0 Å². The van der Waals surface area contributed by atoms with Gasteiger partial charge in [0.15, 0.2) is 5.82 Å². The molecule has 1 aliphatic rings. The highest BCUT2D eigenvalue weighted by Gasteiger charge is 2.30. The minimum Gasteiger partial charge on any atom is -0.338 e. The van der Waals surface area contributed by atoms with E-state index in [1.165, 1.54) is 0 Å². The van der Waals surface area contributed by atoms with E-state index in [0.717, 1.165) is 36.1 Å². The maximum Gasteiger partial charge on any atom is 0.252 e. The molecule has 1 unspecified atom stereocenters. The second-order valence-corrected chi connectivity index (χ2v) is 6.62. The molecule has 0 radical (unpaired) electrons. The molecular formula is C18H21N5O2. The summed E-state index contributed by atoms with van der Waals surface area (Å²) in [6.45, 7) is 4.97. The van der Waals surface area contributed by atoms with Gasteiger partial charge in [0.25, 0.3) is 5.56 Å². The highest BCUT2D eigenvalue weighted by atomic mass is 16.5. The van der Waals surface area contributed by atoms with E-state index < -0.39 is 0 Å². The molecular weight excluding hydrogens is 318 g/mol. The molecule has 1 aliphatic heterocycles. The number of rotatable bonds is 3. The summed E-state index contributed by atoms with van der Waals surface area (Å²) < 4.78 is 5.36. The first-order chi connectivity index (χ1) is 12.1. The maximum absolute atomic E-state index is 12.4. The predicted molar refractivity (Wildman–Crippen MR) is 94.3 cm³/mol. The van der Waals surface area contributed by atoms with Gasteiger partial charge < -0.3 is 9.51 Å². The quantitative estimate of drug-likeness (QED) is 0.783. The molecule has 3 aromatic rings. The van der Waals surface area contributed by atoms with Gasteiger partial charge in [-0.3, -0.25) is 14.6 Å². The summed E-state index contributed by atoms with van der Waals surface area (Å²) in [7, 11) is 2.06. The molecule has 0 bridgehead atoms. The molecule has 7 nitrogen and oxygen atoms in total. The summed E-state index contributed by atoms with van der Waals surface area (Å²) in [6, 6.07) is 9.88. The zero-order valence-corrected chi connectivity index (χ0v) is 14.4. The average molecular weight is 339 g/mol. The number of para-hydroxylation sites is 1. The fourth-order valence-electron chi connectivity index (χ4n) is 3.34. The Bertz CT molecular complexity index is 948. The molecule has 1 fully saturated rings. The highest BCUT2D eigenvalue weighted by Crippen LogP contribution is 2.23. The SMILES string of the molecule is Cc1noc(C2CN(Cc3cc4ccccc4[nH]c3=O)CCN2C)n1. The summed E-state index contributed by atoms with van der Waals surface area (Å²) >= 11 is 0. The lowest BCUT2D eigenvalue weighted by atomic mass is 10.1. The van der Waals surface area contributed by atoms with Crippen molar-refractivity contribution in [2.75, 3.05) is 26.7 Å². The summed E-state index contributed by atoms with van der Waals surface area (Å²) in [5.74, 6) is 1.28. The molecule has 3 heterocycles. The Labute approximate surface area is 145 Å². The number of aryl methyl sites for hydroxylation is 1. The Kier molecular flexibility index (Phi) is 4.10. The fourth-order valence-corrected chi connectivity index (χ4v) is 3.34. The molecule has 4 rings (SSSR count). The van der Waals surface area contributed by atoms with Crippen LogP contribution in [0.25, 0.3) is 10.9 Å². The minimum atomic E-state index is -0.0252. The number of piperazine rings is 1. The van der Waals surface area contributed by atoms with Gasteiger partial charge in [-0.15, -0.1) is 0 Å². The van der Waals surface area contributed by atoms with Gasteiger partial charge in [0.05, 0.1) is 0 Å². The van der Waals surface area contributed by atoms with Crippen LogP contribution in [0, 0.1) is 6.92 Å². The Morgan fingerprint density at radius 1 is 1.32 bits per heavy atom. The first-order valence-corrected chi connectivity index (χ1v) is 8.44. The van der Waals surface area contributed by atoms with Crippen molar-refractivity contribution < 1.29 is 4.52 Å². The van der Waals surface area contributed by atoms with Gasteiger partial charge in [0.2, 0.25) is 5.89 Å². The molecule has 0 spiro atoms. The number of benzene rings is 1. The third kappa shape index (κ3) is 3.20. The standard InChI is InChI=1S/C18H21N5O2/c1-12-19-18(25-21-12)16-11-23(8-7-22(16)2)10-14-9-13-5-3-4-6-15(13)20-17(14)24/h3-6,9,16H,7-8,10-11H2,1-2H3,(H,20,24). The number of hydrogen-bond donors (Lipinski definition) is 1. The van der Waals surface area contributed by atoms with E-state index in [1.807, 2.05) is 37.3 Å². The van der Waals surface area contributed by atoms with Crippen LogP contribution in [0.5, 0.6) is 0 Å². The van der Waals surface area contributed by atoms with E-state index in [4.69, 9.17) is 4.52 Å². The molecule has 25 heavy (non-hydrogen) atoms. The van der Waals surface area contributed by atoms with Crippen molar-refractivity contribution in [2.45, 2.75) is 19.5 Å². The zero-order chi connectivity index (χ0) is 17.4. The van der Waals surface area contributed by atoms with Crippen LogP contribution in [0.2, 0.25) is 0 Å². The summed E-state index contributed by atoms with van der Waals surface area (Å²) in [5.41, 5.74) is 1.63. The van der Waals surface area contributed by atoms with Crippen molar-refractivity contribution in [1.29, 1.82) is 0 Å². The fraction of sp³-hybridized carbons (Fsp3) is 0.389. The van der Waals surface area contributed by atoms with Crippen LogP contribution >= 0.6 is 0 Å². The Hall–Kier alpha value is -2.51. The molecule has 7 heteroatoms. The lowest BCUT2D eigenvalue weighted by Crippen LogP contribution is -2.46. The van der Waals surface area contributed by atoms with Crippen LogP contribution in [0.4, 0.5) is 0 Å². The number of H-pyrrole nitrogens is 1. The van der Waals surface area contributed by atoms with E-state index in [2.05, 4.69) is 32.0 Å². The molecule has 1 aromatic carbocycles. The van der Waals surface area contributed by atoms with Crippen LogP contribution in [-0.2, 0) is 6.54 Å². The van der Waals surface area contributed by atoms with E-state index in [9.17, 15) is 4.79 Å². The molecule has 2 aromatic heterocycles. The van der Waals surface area contributed by atoms with Crippen molar-refractivity contribution in [1.82, 2.24) is 24.9 Å². The van der Waals surface area contributed by atoms with Crippen molar-refractivity contribution in [2.24, 2.45) is 0 Å². The predicted octanol–water partition coefficient (Wildman–Crippen LogP) is 1.71. The van der Waals surface area contributed by atoms with Gasteiger partial charge in [-0.05, 0) is 31.5 Å². The maximum atomic E-state index is 12.4. The Balaban J connectivity index is 1.56. The summed E-state index contributed by atoms with van der Waals surface area (Å²) in [4.78, 5) is 24.2. The summed E-state index contributed by atoms with van der Waals surface area (Å²) in [6.07, 6.45) is 0. The van der Waals surface area contributed by atoms with Gasteiger partial charge in [0, 0.05) is 37.3 Å². The van der Waals surface area contributed by atoms with Crippen molar-refractivity contribution in [3.8, 4) is 0 Å². The van der Waals surface area contributed by atoms with Crippen LogP contribution in [-0.4, -0.2) is 51.6 Å². The molecule has 1 N–H and O–H groups in total. The molecule has 0 saturated carbocycles. The van der Waals surface area contributed by atoms with Crippen LogP contribution < -0.4 is 5.56 Å². The third-order valence-corrected chi connectivity index (χ3v) is 4.78. The number of likely N-dealkylation sites (N-methyl/N-ethyl adjacent to an activating group) is 1. The summed E-state index contributed by atoms with van der Waals surface area (Å²) in [5, 5.41) is 4.95. The van der Waals surface area contributed by atoms with Crippen molar-refractivity contribution in [3.63, 3.8) is 0 Å². The van der Waals surface area contributed by atoms with E-state index >= 15 is 0 Å². The number of pyridine rings is 1.